The van der Waals surface area contributed by atoms with Crippen LogP contribution in [0.25, 0.3) is 5.57 Å². The van der Waals surface area contributed by atoms with Crippen molar-refractivity contribution < 1.29 is 23.9 Å². The number of benzene rings is 2. The molecule has 10 heteroatoms. The number of fused-ring (bicyclic) bond motifs is 1. The van der Waals surface area contributed by atoms with E-state index in [1.54, 1.807) is 55.5 Å². The van der Waals surface area contributed by atoms with Gasteiger partial charge in [-0.1, -0.05) is 55.5 Å². The fraction of sp³-hybridized carbons (Fsp3) is 0.269. The zero-order valence-corrected chi connectivity index (χ0v) is 21.5. The monoisotopic (exact) mass is 523 g/mol. The first-order chi connectivity index (χ1) is 17.3. The molecule has 2 heterocycles. The summed E-state index contributed by atoms with van der Waals surface area (Å²) < 4.78 is 5.40. The molecule has 0 radical (unpaired) electrons. The molecule has 0 aromatic heterocycles. The molecule has 2 aliphatic rings. The van der Waals surface area contributed by atoms with Gasteiger partial charge in [-0.2, -0.15) is 0 Å². The van der Waals surface area contributed by atoms with Crippen molar-refractivity contribution in [2.45, 2.75) is 26.7 Å². The summed E-state index contributed by atoms with van der Waals surface area (Å²) in [6.45, 7) is 4.30. The van der Waals surface area contributed by atoms with Crippen LogP contribution in [0.4, 0.5) is 11.4 Å². The van der Waals surface area contributed by atoms with Crippen molar-refractivity contribution >= 4 is 68.9 Å². The van der Waals surface area contributed by atoms with Crippen molar-refractivity contribution in [2.24, 2.45) is 0 Å². The first kappa shape index (κ1) is 25.6. The minimum absolute atomic E-state index is 0.241. The van der Waals surface area contributed by atoms with Gasteiger partial charge in [0, 0.05) is 17.8 Å². The third kappa shape index (κ3) is 5.05. The van der Waals surface area contributed by atoms with Crippen molar-refractivity contribution in [1.82, 2.24) is 4.90 Å². The zero-order valence-electron chi connectivity index (χ0n) is 19.9. The van der Waals surface area contributed by atoms with Crippen LogP contribution < -0.4 is 10.2 Å². The number of esters is 1. The molecule has 0 bridgehead atoms. The number of nitrogens with zero attached hydrogens (tertiary/aromatic N) is 2. The van der Waals surface area contributed by atoms with Crippen molar-refractivity contribution in [2.75, 3.05) is 29.9 Å². The van der Waals surface area contributed by atoms with E-state index in [0.717, 1.165) is 24.6 Å². The highest BCUT2D eigenvalue weighted by atomic mass is 32.2. The minimum atomic E-state index is -0.442. The van der Waals surface area contributed by atoms with Crippen molar-refractivity contribution in [3.05, 3.63) is 64.6 Å². The number of carbonyl (C=O) groups excluding carboxylic acids is 4. The van der Waals surface area contributed by atoms with Crippen LogP contribution in [0.5, 0.6) is 0 Å². The Labute approximate surface area is 218 Å². The average molecular weight is 524 g/mol. The van der Waals surface area contributed by atoms with Gasteiger partial charge in [0.2, 0.25) is 5.91 Å². The number of hydrogen-bond acceptors (Lipinski definition) is 7. The van der Waals surface area contributed by atoms with Crippen LogP contribution in [0.3, 0.4) is 0 Å². The van der Waals surface area contributed by atoms with E-state index in [1.807, 2.05) is 6.92 Å². The molecule has 2 aromatic carbocycles. The molecule has 2 aromatic rings. The molecule has 0 saturated carbocycles. The maximum Gasteiger partial charge on any atom is 0.338 e. The van der Waals surface area contributed by atoms with Gasteiger partial charge in [-0.05, 0) is 43.7 Å². The maximum atomic E-state index is 13.5. The molecule has 0 unspecified atom stereocenters. The smallest absolute Gasteiger partial charge is 0.338 e. The quantitative estimate of drug-likeness (QED) is 0.314. The maximum absolute atomic E-state index is 13.5. The summed E-state index contributed by atoms with van der Waals surface area (Å²) in [5.74, 6) is -1.55. The molecule has 1 fully saturated rings. The molecule has 186 valence electrons. The highest BCUT2D eigenvalue weighted by Crippen LogP contribution is 2.44. The lowest BCUT2D eigenvalue weighted by Gasteiger charge is -2.17. The number of unbranched alkanes of at least 4 members (excludes halogenated alkanes) is 1. The number of thioether (sulfide) groups is 1. The normalized spacial score (nSPS) is 17.0. The van der Waals surface area contributed by atoms with E-state index in [4.69, 9.17) is 17.0 Å². The number of thiocarbonyl (C=S) groups is 1. The lowest BCUT2D eigenvalue weighted by molar-refractivity contribution is -0.122. The Morgan fingerprint density at radius 3 is 2.42 bits per heavy atom. The van der Waals surface area contributed by atoms with Gasteiger partial charge in [-0.3, -0.25) is 24.2 Å². The molecule has 36 heavy (non-hydrogen) atoms. The van der Waals surface area contributed by atoms with Gasteiger partial charge < -0.3 is 10.1 Å². The number of carbonyl (C=O) groups is 4. The summed E-state index contributed by atoms with van der Waals surface area (Å²) in [7, 11) is 0. The number of nitrogens with one attached hydrogen (secondary N) is 1. The third-order valence-electron chi connectivity index (χ3n) is 5.72. The fourth-order valence-electron chi connectivity index (χ4n) is 3.96. The number of rotatable bonds is 8. The summed E-state index contributed by atoms with van der Waals surface area (Å²) in [6, 6.07) is 13.4. The lowest BCUT2D eigenvalue weighted by Crippen LogP contribution is -2.35. The number of ether oxygens (including phenoxy) is 1. The van der Waals surface area contributed by atoms with Gasteiger partial charge in [0.05, 0.1) is 28.3 Å². The summed E-state index contributed by atoms with van der Waals surface area (Å²) in [6.07, 6.45) is 1.73. The topological polar surface area (TPSA) is 96.0 Å². The molecule has 1 N–H and O–H groups in total. The first-order valence-electron chi connectivity index (χ1n) is 11.6. The fourth-order valence-corrected chi connectivity index (χ4v) is 5.34. The van der Waals surface area contributed by atoms with Crippen LogP contribution in [-0.2, 0) is 19.1 Å². The standard InChI is InChI=1S/C26H25N3O5S2/c1-3-5-14-28-24(32)22(36-26(28)35)21-18-8-6-7-9-19(18)29(23(21)31)15-20(30)27-17-12-10-16(11-13-17)25(33)34-4-2/h6-13H,3-5,14-15H2,1-2H3,(H,27,30). The molecule has 4 rings (SSSR count). The van der Waals surface area contributed by atoms with E-state index in [-0.39, 0.29) is 24.6 Å². The molecule has 8 nitrogen and oxygen atoms in total. The Balaban J connectivity index is 1.54. The molecule has 1 saturated heterocycles. The van der Waals surface area contributed by atoms with Gasteiger partial charge in [0.15, 0.2) is 0 Å². The molecule has 0 aliphatic carbocycles. The van der Waals surface area contributed by atoms with E-state index in [2.05, 4.69) is 5.32 Å². The number of anilines is 2. The van der Waals surface area contributed by atoms with Gasteiger partial charge in [0.25, 0.3) is 11.8 Å². The molecule has 2 aliphatic heterocycles. The second kappa shape index (κ2) is 11.0. The number of para-hydroxylation sites is 1. The summed E-state index contributed by atoms with van der Waals surface area (Å²) in [4.78, 5) is 54.5. The van der Waals surface area contributed by atoms with Crippen LogP contribution in [0.15, 0.2) is 53.4 Å². The van der Waals surface area contributed by atoms with Crippen molar-refractivity contribution in [3.63, 3.8) is 0 Å². The van der Waals surface area contributed by atoms with E-state index in [1.165, 1.54) is 9.80 Å². The van der Waals surface area contributed by atoms with E-state index < -0.39 is 17.8 Å². The molecular weight excluding hydrogens is 498 g/mol. The predicted octanol–water partition coefficient (Wildman–Crippen LogP) is 4.22. The van der Waals surface area contributed by atoms with E-state index >= 15 is 0 Å². The lowest BCUT2D eigenvalue weighted by atomic mass is 10.1. The highest BCUT2D eigenvalue weighted by molar-refractivity contribution is 8.26. The van der Waals surface area contributed by atoms with Gasteiger partial charge in [-0.25, -0.2) is 4.79 Å². The Bertz CT molecular complexity index is 1270. The molecule has 0 spiro atoms. The van der Waals surface area contributed by atoms with Crippen molar-refractivity contribution in [1.29, 1.82) is 0 Å². The largest absolute Gasteiger partial charge is 0.462 e. The Morgan fingerprint density at radius 1 is 1.00 bits per heavy atom. The minimum Gasteiger partial charge on any atom is -0.462 e. The Kier molecular flexibility index (Phi) is 7.85. The van der Waals surface area contributed by atoms with E-state index in [9.17, 15) is 19.2 Å². The van der Waals surface area contributed by atoms with Crippen LogP contribution in [0.1, 0.15) is 42.6 Å². The summed E-state index contributed by atoms with van der Waals surface area (Å²) in [5.41, 5.74) is 2.28. The summed E-state index contributed by atoms with van der Waals surface area (Å²) >= 11 is 6.54. The Morgan fingerprint density at radius 2 is 1.72 bits per heavy atom. The van der Waals surface area contributed by atoms with Gasteiger partial charge >= 0.3 is 5.97 Å². The number of hydrogen-bond donors (Lipinski definition) is 1. The Hall–Kier alpha value is -3.50. The van der Waals surface area contributed by atoms with Crippen molar-refractivity contribution in [3.8, 4) is 0 Å². The molecular formula is C26H25N3O5S2. The second-order valence-corrected chi connectivity index (χ2v) is 9.78. The number of amides is 3. The van der Waals surface area contributed by atoms with Crippen LogP contribution in [-0.4, -0.2) is 52.6 Å². The van der Waals surface area contributed by atoms with Crippen LogP contribution >= 0.6 is 24.0 Å². The second-order valence-electron chi connectivity index (χ2n) is 8.14. The van der Waals surface area contributed by atoms with E-state index in [0.29, 0.717) is 38.3 Å². The molecule has 3 amide bonds. The summed E-state index contributed by atoms with van der Waals surface area (Å²) in [5, 5.41) is 2.75. The van der Waals surface area contributed by atoms with Crippen LogP contribution in [0, 0.1) is 0 Å². The SMILES string of the molecule is CCCCN1C(=O)C(=C2C(=O)N(CC(=O)Nc3ccc(C(=O)OCC)cc3)c3ccccc32)SC1=S. The predicted molar refractivity (Wildman–Crippen MR) is 144 cm³/mol. The zero-order chi connectivity index (χ0) is 25.8. The molecule has 0 atom stereocenters. The van der Waals surface area contributed by atoms with Crippen LogP contribution in [0.2, 0.25) is 0 Å². The first-order valence-corrected chi connectivity index (χ1v) is 12.8. The van der Waals surface area contributed by atoms with Gasteiger partial charge in [0.1, 0.15) is 10.9 Å². The third-order valence-corrected chi connectivity index (χ3v) is 7.16. The highest BCUT2D eigenvalue weighted by Gasteiger charge is 2.42. The van der Waals surface area contributed by atoms with Gasteiger partial charge in [-0.15, -0.1) is 0 Å². The average Bonchev–Trinajstić information content (AvgIpc) is 3.30.